The number of amides is 1. The number of carbonyl (C=O) groups is 1. The highest BCUT2D eigenvalue weighted by Gasteiger charge is 2.36. The van der Waals surface area contributed by atoms with Crippen LogP contribution in [0.1, 0.15) is 31.9 Å². The minimum Gasteiger partial charge on any atom is -0.438 e. The van der Waals surface area contributed by atoms with Gasteiger partial charge in [0.1, 0.15) is 5.60 Å². The first kappa shape index (κ1) is 15.4. The number of carbonyl (C=O) groups excluding carboxylic acids is 1. The third kappa shape index (κ3) is 2.77. The largest absolute Gasteiger partial charge is 0.438 e. The monoisotopic (exact) mass is 310 g/mol. The molecule has 120 valence electrons. The van der Waals surface area contributed by atoms with Gasteiger partial charge < -0.3 is 10.1 Å². The number of anilines is 3. The van der Waals surface area contributed by atoms with Gasteiger partial charge in [-0.25, -0.2) is 4.79 Å². The third-order valence-corrected chi connectivity index (χ3v) is 4.30. The topological polar surface area (TPSA) is 41.6 Å². The maximum atomic E-state index is 11.9. The lowest BCUT2D eigenvalue weighted by Crippen LogP contribution is -2.41. The third-order valence-electron chi connectivity index (χ3n) is 4.30. The minimum atomic E-state index is -0.638. The first-order valence-corrected chi connectivity index (χ1v) is 7.88. The zero-order chi connectivity index (χ0) is 16.6. The first-order chi connectivity index (χ1) is 10.9. The van der Waals surface area contributed by atoms with Crippen molar-refractivity contribution in [3.63, 3.8) is 0 Å². The lowest BCUT2D eigenvalue weighted by atomic mass is 9.93. The molecule has 23 heavy (non-hydrogen) atoms. The Morgan fingerprint density at radius 3 is 2.65 bits per heavy atom. The number of benzene rings is 2. The summed E-state index contributed by atoms with van der Waals surface area (Å²) in [6.45, 7) is 5.98. The molecule has 1 N–H and O–H groups in total. The quantitative estimate of drug-likeness (QED) is 0.884. The number of hydrogen-bond donors (Lipinski definition) is 1. The summed E-state index contributed by atoms with van der Waals surface area (Å²) < 4.78 is 5.52. The summed E-state index contributed by atoms with van der Waals surface area (Å²) in [5, 5.41) is 3.48. The summed E-state index contributed by atoms with van der Waals surface area (Å²) >= 11 is 0. The highest BCUT2D eigenvalue weighted by atomic mass is 16.6. The molecule has 0 atom stereocenters. The van der Waals surface area contributed by atoms with Crippen LogP contribution in [-0.2, 0) is 16.8 Å². The lowest BCUT2D eigenvalue weighted by molar-refractivity contribution is 0.0362. The SMILES string of the molecule is CCc1ccccc1Nc1ccc2c(c1)C(C)(C)OC(=O)N2C. The molecule has 0 spiro atoms. The van der Waals surface area contributed by atoms with Gasteiger partial charge in [-0.3, -0.25) is 4.90 Å². The summed E-state index contributed by atoms with van der Waals surface area (Å²) in [6.07, 6.45) is 0.652. The molecule has 1 aliphatic rings. The Labute approximate surface area is 137 Å². The second-order valence-corrected chi connectivity index (χ2v) is 6.30. The van der Waals surface area contributed by atoms with Crippen LogP contribution >= 0.6 is 0 Å². The van der Waals surface area contributed by atoms with Gasteiger partial charge in [0.2, 0.25) is 0 Å². The van der Waals surface area contributed by atoms with E-state index < -0.39 is 5.60 Å². The van der Waals surface area contributed by atoms with Crippen LogP contribution in [0.4, 0.5) is 21.9 Å². The number of rotatable bonds is 3. The van der Waals surface area contributed by atoms with Gasteiger partial charge >= 0.3 is 6.09 Å². The Kier molecular flexibility index (Phi) is 3.76. The summed E-state index contributed by atoms with van der Waals surface area (Å²) in [6, 6.07) is 14.3. The molecule has 0 saturated heterocycles. The summed E-state index contributed by atoms with van der Waals surface area (Å²) in [7, 11) is 1.73. The van der Waals surface area contributed by atoms with Crippen molar-refractivity contribution in [2.24, 2.45) is 0 Å². The fraction of sp³-hybridized carbons (Fsp3) is 0.316. The molecule has 4 nitrogen and oxygen atoms in total. The number of nitrogens with zero attached hydrogens (tertiary/aromatic N) is 1. The Hall–Kier alpha value is -2.49. The molecular formula is C19H22N2O2. The normalized spacial score (nSPS) is 15.8. The molecule has 3 rings (SSSR count). The highest BCUT2D eigenvalue weighted by Crippen LogP contribution is 2.40. The molecule has 0 radical (unpaired) electrons. The van der Waals surface area contributed by atoms with E-state index in [9.17, 15) is 4.79 Å². The number of nitrogens with one attached hydrogen (secondary N) is 1. The van der Waals surface area contributed by atoms with Crippen molar-refractivity contribution >= 4 is 23.2 Å². The zero-order valence-corrected chi connectivity index (χ0v) is 14.0. The fourth-order valence-electron chi connectivity index (χ4n) is 2.93. The smallest absolute Gasteiger partial charge is 0.414 e. The molecule has 2 aromatic rings. The number of hydrogen-bond acceptors (Lipinski definition) is 3. The molecule has 0 fully saturated rings. The van der Waals surface area contributed by atoms with Gasteiger partial charge in [0.25, 0.3) is 0 Å². The average Bonchev–Trinajstić information content (AvgIpc) is 2.53. The van der Waals surface area contributed by atoms with E-state index in [1.807, 2.05) is 38.1 Å². The molecular weight excluding hydrogens is 288 g/mol. The molecule has 2 aromatic carbocycles. The van der Waals surface area contributed by atoms with Gasteiger partial charge in [-0.2, -0.15) is 0 Å². The summed E-state index contributed by atoms with van der Waals surface area (Å²) in [5.74, 6) is 0. The molecule has 1 amide bonds. The van der Waals surface area contributed by atoms with Crippen molar-refractivity contribution in [3.8, 4) is 0 Å². The Balaban J connectivity index is 1.99. The number of cyclic esters (lactones) is 1. The van der Waals surface area contributed by atoms with E-state index >= 15 is 0 Å². The predicted molar refractivity (Wildman–Crippen MR) is 93.5 cm³/mol. The van der Waals surface area contributed by atoms with Crippen LogP contribution < -0.4 is 10.2 Å². The maximum Gasteiger partial charge on any atom is 0.414 e. The second-order valence-electron chi connectivity index (χ2n) is 6.30. The Morgan fingerprint density at radius 2 is 1.91 bits per heavy atom. The number of fused-ring (bicyclic) bond motifs is 1. The van der Waals surface area contributed by atoms with Crippen LogP contribution in [0.15, 0.2) is 42.5 Å². The van der Waals surface area contributed by atoms with E-state index in [2.05, 4.69) is 30.4 Å². The number of ether oxygens (including phenoxy) is 1. The molecule has 0 saturated carbocycles. The van der Waals surface area contributed by atoms with Crippen molar-refractivity contribution in [1.82, 2.24) is 0 Å². The van der Waals surface area contributed by atoms with E-state index in [1.165, 1.54) is 5.56 Å². The standard InChI is InChI=1S/C19H22N2O2/c1-5-13-8-6-7-9-16(13)20-14-10-11-17-15(12-14)19(2,3)23-18(22)21(17)4/h6-12,20H,5H2,1-4H3. The van der Waals surface area contributed by atoms with Crippen molar-refractivity contribution in [2.45, 2.75) is 32.8 Å². The second kappa shape index (κ2) is 5.61. The first-order valence-electron chi connectivity index (χ1n) is 7.88. The molecule has 0 aromatic heterocycles. The van der Waals surface area contributed by atoms with Gasteiger partial charge in [0.15, 0.2) is 0 Å². The van der Waals surface area contributed by atoms with Crippen molar-refractivity contribution in [1.29, 1.82) is 0 Å². The van der Waals surface area contributed by atoms with E-state index in [0.717, 1.165) is 29.0 Å². The van der Waals surface area contributed by atoms with Crippen molar-refractivity contribution in [2.75, 3.05) is 17.3 Å². The molecule has 4 heteroatoms. The van der Waals surface area contributed by atoms with E-state index in [4.69, 9.17) is 4.74 Å². The van der Waals surface area contributed by atoms with Crippen LogP contribution in [0.5, 0.6) is 0 Å². The van der Waals surface area contributed by atoms with Crippen LogP contribution in [0.3, 0.4) is 0 Å². The van der Waals surface area contributed by atoms with Crippen LogP contribution in [0, 0.1) is 0 Å². The number of aryl methyl sites for hydroxylation is 1. The molecule has 1 heterocycles. The zero-order valence-electron chi connectivity index (χ0n) is 14.0. The maximum absolute atomic E-state index is 11.9. The van der Waals surface area contributed by atoms with Gasteiger partial charge in [0, 0.05) is 24.0 Å². The fourth-order valence-corrected chi connectivity index (χ4v) is 2.93. The minimum absolute atomic E-state index is 0.320. The van der Waals surface area contributed by atoms with Crippen molar-refractivity contribution < 1.29 is 9.53 Å². The molecule has 0 aliphatic carbocycles. The van der Waals surface area contributed by atoms with E-state index in [1.54, 1.807) is 11.9 Å². The van der Waals surface area contributed by atoms with Crippen molar-refractivity contribution in [3.05, 3.63) is 53.6 Å². The van der Waals surface area contributed by atoms with Crippen LogP contribution in [-0.4, -0.2) is 13.1 Å². The molecule has 0 unspecified atom stereocenters. The van der Waals surface area contributed by atoms with E-state index in [0.29, 0.717) is 0 Å². The average molecular weight is 310 g/mol. The molecule has 1 aliphatic heterocycles. The predicted octanol–water partition coefficient (Wildman–Crippen LogP) is 4.81. The summed E-state index contributed by atoms with van der Waals surface area (Å²) in [5.41, 5.74) is 4.62. The Bertz CT molecular complexity index is 753. The van der Waals surface area contributed by atoms with Gasteiger partial charge in [-0.05, 0) is 50.1 Å². The van der Waals surface area contributed by atoms with Crippen LogP contribution in [0.2, 0.25) is 0 Å². The lowest BCUT2D eigenvalue weighted by Gasteiger charge is -2.37. The van der Waals surface area contributed by atoms with Gasteiger partial charge in [-0.15, -0.1) is 0 Å². The van der Waals surface area contributed by atoms with Crippen LogP contribution in [0.25, 0.3) is 0 Å². The highest BCUT2D eigenvalue weighted by molar-refractivity contribution is 5.91. The van der Waals surface area contributed by atoms with Gasteiger partial charge in [0.05, 0.1) is 5.69 Å². The Morgan fingerprint density at radius 1 is 1.17 bits per heavy atom. The molecule has 0 bridgehead atoms. The van der Waals surface area contributed by atoms with Gasteiger partial charge in [-0.1, -0.05) is 25.1 Å². The van der Waals surface area contributed by atoms with E-state index in [-0.39, 0.29) is 6.09 Å². The summed E-state index contributed by atoms with van der Waals surface area (Å²) in [4.78, 5) is 13.5. The number of para-hydroxylation sites is 1.